The molecule has 1 aliphatic rings. The Morgan fingerprint density at radius 2 is 2.31 bits per heavy atom. The molecule has 0 aromatic heterocycles. The minimum absolute atomic E-state index is 0.0936. The number of carbonyl (C=O) groups is 1. The Balaban J connectivity index is 1.94. The molecular formula is C12H15BrN2O. The van der Waals surface area contributed by atoms with Crippen molar-refractivity contribution >= 4 is 27.5 Å². The molecule has 1 aliphatic heterocycles. The zero-order valence-corrected chi connectivity index (χ0v) is 10.8. The predicted octanol–water partition coefficient (Wildman–Crippen LogP) is 2.31. The number of benzene rings is 1. The largest absolute Gasteiger partial charge is 0.325 e. The quantitative estimate of drug-likeness (QED) is 0.893. The Bertz CT molecular complexity index is 402. The van der Waals surface area contributed by atoms with E-state index in [9.17, 15) is 4.79 Å². The lowest BCUT2D eigenvalue weighted by molar-refractivity contribution is -0.117. The van der Waals surface area contributed by atoms with Gasteiger partial charge in [0.25, 0.3) is 0 Å². The monoisotopic (exact) mass is 282 g/mol. The fraction of sp³-hybridized carbons (Fsp3) is 0.417. The lowest BCUT2D eigenvalue weighted by Crippen LogP contribution is -2.43. The van der Waals surface area contributed by atoms with E-state index < -0.39 is 0 Å². The number of nitrogens with one attached hydrogen (secondary N) is 2. The van der Waals surface area contributed by atoms with Crippen molar-refractivity contribution in [1.82, 2.24) is 5.32 Å². The van der Waals surface area contributed by atoms with Crippen LogP contribution in [0.3, 0.4) is 0 Å². The molecule has 0 radical (unpaired) electrons. The molecule has 16 heavy (non-hydrogen) atoms. The van der Waals surface area contributed by atoms with Crippen molar-refractivity contribution in [2.45, 2.75) is 13.3 Å². The third-order valence-electron chi connectivity index (χ3n) is 2.74. The molecule has 0 saturated carbocycles. The Morgan fingerprint density at radius 1 is 1.56 bits per heavy atom. The van der Waals surface area contributed by atoms with Crippen LogP contribution in [0.15, 0.2) is 22.7 Å². The predicted molar refractivity (Wildman–Crippen MR) is 68.5 cm³/mol. The van der Waals surface area contributed by atoms with Gasteiger partial charge in [-0.1, -0.05) is 6.07 Å². The summed E-state index contributed by atoms with van der Waals surface area (Å²) in [5, 5.41) is 6.08. The van der Waals surface area contributed by atoms with Crippen LogP contribution in [0, 0.1) is 12.8 Å². The Kier molecular flexibility index (Phi) is 3.61. The summed E-state index contributed by atoms with van der Waals surface area (Å²) in [5.74, 6) is 0.597. The standard InChI is InChI=1S/C12H15BrN2O/c1-8-2-3-11(10(13)4-8)15-12(16)5-9-6-14-7-9/h2-4,9,14H,5-7H2,1H3,(H,15,16). The van der Waals surface area contributed by atoms with Gasteiger partial charge >= 0.3 is 0 Å². The van der Waals surface area contributed by atoms with Gasteiger partial charge < -0.3 is 10.6 Å². The van der Waals surface area contributed by atoms with Crippen LogP contribution in [0.25, 0.3) is 0 Å². The van der Waals surface area contributed by atoms with Crippen LogP contribution in [-0.4, -0.2) is 19.0 Å². The number of halogens is 1. The zero-order valence-electron chi connectivity index (χ0n) is 9.22. The van der Waals surface area contributed by atoms with Gasteiger partial charge in [-0.2, -0.15) is 0 Å². The SMILES string of the molecule is Cc1ccc(NC(=O)CC2CNC2)c(Br)c1. The Labute approximate surface area is 104 Å². The van der Waals surface area contributed by atoms with Crippen molar-refractivity contribution in [3.8, 4) is 0 Å². The van der Waals surface area contributed by atoms with Crippen LogP contribution in [0.1, 0.15) is 12.0 Å². The van der Waals surface area contributed by atoms with Crippen LogP contribution in [0.4, 0.5) is 5.69 Å². The number of hydrogen-bond acceptors (Lipinski definition) is 2. The van der Waals surface area contributed by atoms with E-state index in [0.29, 0.717) is 12.3 Å². The van der Waals surface area contributed by atoms with E-state index in [1.54, 1.807) is 0 Å². The van der Waals surface area contributed by atoms with Crippen molar-refractivity contribution in [3.05, 3.63) is 28.2 Å². The second-order valence-corrected chi connectivity index (χ2v) is 5.11. The molecule has 2 N–H and O–H groups in total. The Morgan fingerprint density at radius 3 is 2.88 bits per heavy atom. The molecule has 2 rings (SSSR count). The highest BCUT2D eigenvalue weighted by atomic mass is 79.9. The van der Waals surface area contributed by atoms with Crippen molar-refractivity contribution in [3.63, 3.8) is 0 Å². The maximum absolute atomic E-state index is 11.7. The number of amides is 1. The van der Waals surface area contributed by atoms with Crippen LogP contribution in [0.5, 0.6) is 0 Å². The van der Waals surface area contributed by atoms with Gasteiger partial charge in [0.15, 0.2) is 0 Å². The van der Waals surface area contributed by atoms with Gasteiger partial charge in [0.05, 0.1) is 5.69 Å². The van der Waals surface area contributed by atoms with E-state index in [-0.39, 0.29) is 5.91 Å². The van der Waals surface area contributed by atoms with E-state index >= 15 is 0 Å². The minimum Gasteiger partial charge on any atom is -0.325 e. The van der Waals surface area contributed by atoms with Gasteiger partial charge in [-0.25, -0.2) is 0 Å². The molecule has 1 amide bonds. The maximum atomic E-state index is 11.7. The summed E-state index contributed by atoms with van der Waals surface area (Å²) in [6.07, 6.45) is 0.604. The van der Waals surface area contributed by atoms with E-state index in [0.717, 1.165) is 23.2 Å². The highest BCUT2D eigenvalue weighted by molar-refractivity contribution is 9.10. The number of anilines is 1. The molecule has 3 nitrogen and oxygen atoms in total. The first-order valence-electron chi connectivity index (χ1n) is 5.42. The minimum atomic E-state index is 0.0936. The van der Waals surface area contributed by atoms with Gasteiger partial charge in [-0.3, -0.25) is 4.79 Å². The first kappa shape index (κ1) is 11.6. The molecule has 1 saturated heterocycles. The van der Waals surface area contributed by atoms with E-state index in [2.05, 4.69) is 26.6 Å². The van der Waals surface area contributed by atoms with Gasteiger partial charge in [0.2, 0.25) is 5.91 Å². The van der Waals surface area contributed by atoms with E-state index in [1.165, 1.54) is 5.56 Å². The molecule has 0 bridgehead atoms. The first-order chi connectivity index (χ1) is 7.65. The van der Waals surface area contributed by atoms with Gasteiger partial charge in [-0.05, 0) is 59.6 Å². The van der Waals surface area contributed by atoms with Crippen molar-refractivity contribution in [2.24, 2.45) is 5.92 Å². The summed E-state index contributed by atoms with van der Waals surface area (Å²) in [6, 6.07) is 5.92. The molecule has 1 aromatic rings. The van der Waals surface area contributed by atoms with Crippen molar-refractivity contribution in [2.75, 3.05) is 18.4 Å². The second-order valence-electron chi connectivity index (χ2n) is 4.26. The first-order valence-corrected chi connectivity index (χ1v) is 6.21. The van der Waals surface area contributed by atoms with Crippen LogP contribution >= 0.6 is 15.9 Å². The summed E-state index contributed by atoms with van der Waals surface area (Å²) in [6.45, 7) is 3.95. The van der Waals surface area contributed by atoms with Gasteiger partial charge in [0, 0.05) is 10.9 Å². The summed E-state index contributed by atoms with van der Waals surface area (Å²) >= 11 is 3.45. The molecule has 0 unspecified atom stereocenters. The summed E-state index contributed by atoms with van der Waals surface area (Å²) in [7, 11) is 0. The fourth-order valence-corrected chi connectivity index (χ4v) is 2.27. The third-order valence-corrected chi connectivity index (χ3v) is 3.39. The summed E-state index contributed by atoms with van der Waals surface area (Å²) < 4.78 is 0.938. The topological polar surface area (TPSA) is 41.1 Å². The van der Waals surface area contributed by atoms with Gasteiger partial charge in [0.1, 0.15) is 0 Å². The average Bonchev–Trinajstić information content (AvgIpc) is 2.16. The van der Waals surface area contributed by atoms with E-state index in [4.69, 9.17) is 0 Å². The molecule has 4 heteroatoms. The third kappa shape index (κ3) is 2.83. The van der Waals surface area contributed by atoms with Crippen LogP contribution in [-0.2, 0) is 4.79 Å². The second kappa shape index (κ2) is 4.97. The Hall–Kier alpha value is -0.870. The van der Waals surface area contributed by atoms with Crippen molar-refractivity contribution in [1.29, 1.82) is 0 Å². The molecule has 1 heterocycles. The molecule has 1 fully saturated rings. The normalized spacial score (nSPS) is 15.6. The fourth-order valence-electron chi connectivity index (χ4n) is 1.68. The number of aryl methyl sites for hydroxylation is 1. The van der Waals surface area contributed by atoms with Crippen molar-refractivity contribution < 1.29 is 4.79 Å². The number of hydrogen-bond donors (Lipinski definition) is 2. The number of rotatable bonds is 3. The molecule has 0 spiro atoms. The van der Waals surface area contributed by atoms with Gasteiger partial charge in [-0.15, -0.1) is 0 Å². The average molecular weight is 283 g/mol. The highest BCUT2D eigenvalue weighted by Crippen LogP contribution is 2.23. The molecule has 1 aromatic carbocycles. The number of carbonyl (C=O) groups excluding carboxylic acids is 1. The molecule has 0 aliphatic carbocycles. The highest BCUT2D eigenvalue weighted by Gasteiger charge is 2.20. The van der Waals surface area contributed by atoms with Crippen LogP contribution in [0.2, 0.25) is 0 Å². The zero-order chi connectivity index (χ0) is 11.5. The molecule has 0 atom stereocenters. The lowest BCUT2D eigenvalue weighted by atomic mass is 9.99. The van der Waals surface area contributed by atoms with E-state index in [1.807, 2.05) is 25.1 Å². The summed E-state index contributed by atoms with van der Waals surface area (Å²) in [5.41, 5.74) is 2.02. The maximum Gasteiger partial charge on any atom is 0.224 e. The molecule has 86 valence electrons. The smallest absolute Gasteiger partial charge is 0.224 e. The summed E-state index contributed by atoms with van der Waals surface area (Å²) in [4.78, 5) is 11.7. The molecular weight excluding hydrogens is 268 g/mol. The van der Waals surface area contributed by atoms with Crippen LogP contribution < -0.4 is 10.6 Å². The lowest BCUT2D eigenvalue weighted by Gasteiger charge is -2.26.